The number of aliphatic hydroxyl groups is 2. The van der Waals surface area contributed by atoms with Gasteiger partial charge in [0.25, 0.3) is 5.79 Å². The van der Waals surface area contributed by atoms with Crippen molar-refractivity contribution in [2.45, 2.75) is 11.6 Å². The summed E-state index contributed by atoms with van der Waals surface area (Å²) in [6, 6.07) is 7.29. The van der Waals surface area contributed by atoms with Crippen LogP contribution in [0.4, 0.5) is 0 Å². The normalized spacial score (nSPS) is 39.5. The summed E-state index contributed by atoms with van der Waals surface area (Å²) in [6.07, 6.45) is 3.21. The molecule has 2 unspecified atom stereocenters. The zero-order chi connectivity index (χ0) is 9.10. The van der Waals surface area contributed by atoms with Crippen LogP contribution >= 0.6 is 0 Å². The van der Waals surface area contributed by atoms with Crippen LogP contribution in [0.3, 0.4) is 0 Å². The summed E-state index contributed by atoms with van der Waals surface area (Å²) in [7, 11) is 0. The molecule has 0 saturated carbocycles. The fraction of sp³-hybridized carbons (Fsp3) is 0.200. The molecule has 13 heavy (non-hydrogen) atoms. The van der Waals surface area contributed by atoms with E-state index in [1.807, 2.05) is 12.1 Å². The van der Waals surface area contributed by atoms with E-state index in [-0.39, 0.29) is 0 Å². The molecule has 2 atom stereocenters. The molecule has 1 saturated heterocycles. The van der Waals surface area contributed by atoms with Crippen molar-refractivity contribution in [2.24, 2.45) is 0 Å². The topological polar surface area (TPSA) is 53.0 Å². The second-order valence-electron chi connectivity index (χ2n) is 3.36. The highest BCUT2D eigenvalue weighted by Crippen LogP contribution is 2.56. The van der Waals surface area contributed by atoms with Gasteiger partial charge in [-0.25, -0.2) is 0 Å². The van der Waals surface area contributed by atoms with E-state index >= 15 is 0 Å². The molecule has 2 N–H and O–H groups in total. The Morgan fingerprint density at radius 2 is 1.92 bits per heavy atom. The van der Waals surface area contributed by atoms with Gasteiger partial charge in [-0.15, -0.1) is 0 Å². The minimum atomic E-state index is -1.52. The summed E-state index contributed by atoms with van der Waals surface area (Å²) in [4.78, 5) is 0. The molecule has 2 aliphatic rings. The van der Waals surface area contributed by atoms with E-state index in [1.54, 1.807) is 18.2 Å². The average Bonchev–Trinajstić information content (AvgIpc) is 2.71. The van der Waals surface area contributed by atoms with E-state index < -0.39 is 11.6 Å². The van der Waals surface area contributed by atoms with E-state index in [4.69, 9.17) is 4.74 Å². The van der Waals surface area contributed by atoms with Crippen LogP contribution in [0.15, 0.2) is 30.3 Å². The molecule has 3 rings (SSSR count). The maximum atomic E-state index is 9.84. The van der Waals surface area contributed by atoms with Gasteiger partial charge in [0.05, 0.1) is 0 Å². The SMILES string of the molecule is OC12C=Cc3ccccc3C1(O)O2. The van der Waals surface area contributed by atoms with E-state index in [9.17, 15) is 10.2 Å². The summed E-state index contributed by atoms with van der Waals surface area (Å²) in [5, 5.41) is 19.4. The Kier molecular flexibility index (Phi) is 1.03. The number of benzene rings is 1. The van der Waals surface area contributed by atoms with Crippen LogP contribution in [-0.2, 0) is 10.5 Å². The number of hydrogen-bond acceptors (Lipinski definition) is 3. The van der Waals surface area contributed by atoms with Gasteiger partial charge in [-0.05, 0) is 11.6 Å². The molecule has 1 aliphatic heterocycles. The van der Waals surface area contributed by atoms with Gasteiger partial charge >= 0.3 is 0 Å². The number of hydrogen-bond donors (Lipinski definition) is 2. The molecule has 0 radical (unpaired) electrons. The van der Waals surface area contributed by atoms with Crippen molar-refractivity contribution >= 4 is 6.08 Å². The lowest BCUT2D eigenvalue weighted by Gasteiger charge is -2.14. The van der Waals surface area contributed by atoms with Gasteiger partial charge in [-0.2, -0.15) is 0 Å². The second-order valence-corrected chi connectivity index (χ2v) is 3.36. The van der Waals surface area contributed by atoms with Crippen molar-refractivity contribution in [3.63, 3.8) is 0 Å². The summed E-state index contributed by atoms with van der Waals surface area (Å²) in [6.45, 7) is 0. The highest BCUT2D eigenvalue weighted by Gasteiger charge is 2.71. The van der Waals surface area contributed by atoms with Gasteiger partial charge < -0.3 is 10.2 Å². The van der Waals surface area contributed by atoms with Crippen LogP contribution < -0.4 is 0 Å². The Morgan fingerprint density at radius 3 is 2.77 bits per heavy atom. The van der Waals surface area contributed by atoms with Crippen molar-refractivity contribution in [3.8, 4) is 0 Å². The number of ether oxygens (including phenoxy) is 1. The molecule has 0 spiro atoms. The maximum Gasteiger partial charge on any atom is 0.256 e. The molecule has 1 aromatic rings. The molecule has 3 heteroatoms. The first-order valence-corrected chi connectivity index (χ1v) is 4.09. The number of fused-ring (bicyclic) bond motifs is 3. The van der Waals surface area contributed by atoms with Crippen molar-refractivity contribution in [2.75, 3.05) is 0 Å². The van der Waals surface area contributed by atoms with E-state index in [1.165, 1.54) is 6.08 Å². The number of epoxide rings is 1. The van der Waals surface area contributed by atoms with Crippen LogP contribution in [0, 0.1) is 0 Å². The van der Waals surface area contributed by atoms with Crippen LogP contribution in [0.5, 0.6) is 0 Å². The molecule has 1 heterocycles. The second kappa shape index (κ2) is 1.85. The first kappa shape index (κ1) is 7.26. The van der Waals surface area contributed by atoms with Crippen molar-refractivity contribution in [1.29, 1.82) is 0 Å². The van der Waals surface area contributed by atoms with E-state index in [2.05, 4.69) is 0 Å². The molecule has 0 bridgehead atoms. The molecule has 0 aromatic heterocycles. The third-order valence-corrected chi connectivity index (χ3v) is 2.56. The van der Waals surface area contributed by atoms with E-state index in [0.29, 0.717) is 5.56 Å². The average molecular weight is 176 g/mol. The molecular formula is C10H8O3. The van der Waals surface area contributed by atoms with Crippen molar-refractivity contribution in [1.82, 2.24) is 0 Å². The fourth-order valence-electron chi connectivity index (χ4n) is 1.75. The Balaban J connectivity index is 2.27. The third kappa shape index (κ3) is 0.698. The predicted molar refractivity (Wildman–Crippen MR) is 45.4 cm³/mol. The monoisotopic (exact) mass is 176 g/mol. The smallest absolute Gasteiger partial charge is 0.256 e. The molecular weight excluding hydrogens is 168 g/mol. The van der Waals surface area contributed by atoms with Crippen LogP contribution in [0.1, 0.15) is 11.1 Å². The Labute approximate surface area is 74.9 Å². The van der Waals surface area contributed by atoms with Gasteiger partial charge in [0.2, 0.25) is 5.79 Å². The van der Waals surface area contributed by atoms with Gasteiger partial charge in [-0.3, -0.25) is 4.74 Å². The highest BCUT2D eigenvalue weighted by atomic mass is 16.8. The first-order chi connectivity index (χ1) is 6.16. The van der Waals surface area contributed by atoms with Gasteiger partial charge in [0, 0.05) is 5.56 Å². The fourth-order valence-corrected chi connectivity index (χ4v) is 1.75. The Bertz CT molecular complexity index is 412. The molecule has 0 amide bonds. The minimum Gasteiger partial charge on any atom is -0.358 e. The largest absolute Gasteiger partial charge is 0.358 e. The van der Waals surface area contributed by atoms with Crippen LogP contribution in [0.25, 0.3) is 6.08 Å². The zero-order valence-electron chi connectivity index (χ0n) is 6.77. The third-order valence-electron chi connectivity index (χ3n) is 2.56. The standard InChI is InChI=1S/C10H8O3/c11-9-6-5-7-3-1-2-4-8(7)10(9,12)13-9/h1-6,11-12H. The van der Waals surface area contributed by atoms with Gasteiger partial charge in [0.1, 0.15) is 0 Å². The summed E-state index contributed by atoms with van der Waals surface area (Å²) in [5.41, 5.74) is 1.51. The molecule has 1 aromatic carbocycles. The number of rotatable bonds is 0. The summed E-state index contributed by atoms with van der Waals surface area (Å²) < 4.78 is 4.90. The molecule has 66 valence electrons. The quantitative estimate of drug-likeness (QED) is 0.568. The lowest BCUT2D eigenvalue weighted by atomic mass is 9.93. The molecule has 3 nitrogen and oxygen atoms in total. The van der Waals surface area contributed by atoms with Crippen LogP contribution in [0.2, 0.25) is 0 Å². The Morgan fingerprint density at radius 1 is 1.15 bits per heavy atom. The molecule has 1 aliphatic carbocycles. The van der Waals surface area contributed by atoms with Gasteiger partial charge in [0.15, 0.2) is 0 Å². The summed E-state index contributed by atoms with van der Waals surface area (Å²) >= 11 is 0. The Hall–Kier alpha value is -1.16. The lowest BCUT2D eigenvalue weighted by Crippen LogP contribution is -2.24. The molecule has 1 fully saturated rings. The minimum absolute atomic E-state index is 0.625. The first-order valence-electron chi connectivity index (χ1n) is 4.09. The predicted octanol–water partition coefficient (Wildman–Crippen LogP) is 0.577. The zero-order valence-corrected chi connectivity index (χ0v) is 6.77. The summed E-state index contributed by atoms with van der Waals surface area (Å²) in [5.74, 6) is -3.01. The lowest BCUT2D eigenvalue weighted by molar-refractivity contribution is 0.0288. The van der Waals surface area contributed by atoms with Crippen molar-refractivity contribution < 1.29 is 14.9 Å². The van der Waals surface area contributed by atoms with Crippen molar-refractivity contribution in [3.05, 3.63) is 41.5 Å². The highest BCUT2D eigenvalue weighted by molar-refractivity contribution is 5.62. The van der Waals surface area contributed by atoms with Gasteiger partial charge in [-0.1, -0.05) is 30.3 Å². The van der Waals surface area contributed by atoms with E-state index in [0.717, 1.165) is 5.56 Å². The van der Waals surface area contributed by atoms with Crippen LogP contribution in [-0.4, -0.2) is 16.0 Å². The maximum absolute atomic E-state index is 9.84.